The first-order chi connectivity index (χ1) is 14.9. The summed E-state index contributed by atoms with van der Waals surface area (Å²) >= 11 is 1.57. The summed E-state index contributed by atoms with van der Waals surface area (Å²) in [6, 6.07) is 15.5. The Morgan fingerprint density at radius 3 is 2.55 bits per heavy atom. The predicted molar refractivity (Wildman–Crippen MR) is 116 cm³/mol. The van der Waals surface area contributed by atoms with Crippen molar-refractivity contribution in [1.29, 1.82) is 0 Å². The lowest BCUT2D eigenvalue weighted by molar-refractivity contribution is -0.255. The molecule has 1 aliphatic heterocycles. The Hall–Kier alpha value is -2.13. The van der Waals surface area contributed by atoms with Crippen molar-refractivity contribution in [2.75, 3.05) is 13.2 Å². The molecular formula is C24H25FO5S. The van der Waals surface area contributed by atoms with E-state index in [0.717, 1.165) is 21.6 Å². The largest absolute Gasteiger partial charge is 0.394 e. The van der Waals surface area contributed by atoms with Gasteiger partial charge in [0, 0.05) is 10.8 Å². The van der Waals surface area contributed by atoms with E-state index in [-0.39, 0.29) is 18.3 Å². The number of hydrogen-bond acceptors (Lipinski definition) is 6. The first-order valence-corrected chi connectivity index (χ1v) is 10.9. The number of benzene rings is 2. The Labute approximate surface area is 184 Å². The van der Waals surface area contributed by atoms with Crippen LogP contribution in [0.4, 0.5) is 4.39 Å². The summed E-state index contributed by atoms with van der Waals surface area (Å²) in [4.78, 5) is 1.04. The Morgan fingerprint density at radius 1 is 1.16 bits per heavy atom. The van der Waals surface area contributed by atoms with Crippen LogP contribution in [0.15, 0.2) is 60.0 Å². The molecule has 0 saturated carbocycles. The summed E-state index contributed by atoms with van der Waals surface area (Å²) in [7, 11) is 0. The van der Waals surface area contributed by atoms with Gasteiger partial charge in [-0.2, -0.15) is 0 Å². The molecule has 5 atom stereocenters. The Kier molecular flexibility index (Phi) is 6.25. The number of hydrogen-bond donors (Lipinski definition) is 4. The SMILES string of the molecule is Cc1ccc([C@@]2(O)[C@H](O)[C@@H](O)CO[C@@H]2CO)cc1C(c1ccc(F)cc1)c1cccs1. The molecule has 2 heterocycles. The van der Waals surface area contributed by atoms with Crippen molar-refractivity contribution in [1.82, 2.24) is 0 Å². The molecule has 3 aromatic rings. The molecule has 164 valence electrons. The highest BCUT2D eigenvalue weighted by Crippen LogP contribution is 2.41. The summed E-state index contributed by atoms with van der Waals surface area (Å²) in [5.41, 5.74) is 1.04. The average Bonchev–Trinajstić information content (AvgIpc) is 3.29. The maximum atomic E-state index is 13.6. The van der Waals surface area contributed by atoms with Gasteiger partial charge in [0.1, 0.15) is 29.7 Å². The van der Waals surface area contributed by atoms with Crippen LogP contribution in [0.3, 0.4) is 0 Å². The van der Waals surface area contributed by atoms with Gasteiger partial charge in [-0.1, -0.05) is 36.4 Å². The number of aliphatic hydroxyl groups excluding tert-OH is 3. The maximum absolute atomic E-state index is 13.6. The highest BCUT2D eigenvalue weighted by atomic mass is 32.1. The minimum atomic E-state index is -1.99. The third-order valence-electron chi connectivity index (χ3n) is 6.02. The van der Waals surface area contributed by atoms with E-state index < -0.39 is 30.5 Å². The zero-order valence-electron chi connectivity index (χ0n) is 17.0. The monoisotopic (exact) mass is 444 g/mol. The number of aryl methyl sites for hydroxylation is 1. The van der Waals surface area contributed by atoms with Crippen molar-refractivity contribution in [3.63, 3.8) is 0 Å². The van der Waals surface area contributed by atoms with E-state index in [4.69, 9.17) is 4.74 Å². The number of ether oxygens (including phenoxy) is 1. The lowest BCUT2D eigenvalue weighted by Crippen LogP contribution is -2.61. The Balaban J connectivity index is 1.86. The second kappa shape index (κ2) is 8.78. The molecule has 1 aliphatic rings. The molecule has 1 saturated heterocycles. The van der Waals surface area contributed by atoms with E-state index in [1.807, 2.05) is 30.5 Å². The summed E-state index contributed by atoms with van der Waals surface area (Å²) in [5, 5.41) is 43.9. The van der Waals surface area contributed by atoms with Crippen LogP contribution in [0.25, 0.3) is 0 Å². The molecule has 7 heteroatoms. The molecule has 0 bridgehead atoms. The van der Waals surface area contributed by atoms with E-state index in [0.29, 0.717) is 5.56 Å². The number of thiophene rings is 1. The molecule has 1 fully saturated rings. The lowest BCUT2D eigenvalue weighted by Gasteiger charge is -2.45. The standard InChI is InChI=1S/C24H25FO5S/c1-14-4-7-16(24(29)21(12-26)30-13-19(27)23(24)28)11-18(14)22(20-3-2-10-31-20)15-5-8-17(25)9-6-15/h2-11,19,21-23,26-29H,12-13H2,1H3/t19-,21+,22?,23+,24-/m0/s1. The van der Waals surface area contributed by atoms with E-state index in [2.05, 4.69) is 0 Å². The van der Waals surface area contributed by atoms with E-state index in [1.54, 1.807) is 35.6 Å². The molecule has 2 aromatic carbocycles. The summed E-state index contributed by atoms with van der Waals surface area (Å²) < 4.78 is 19.0. The number of rotatable bonds is 5. The van der Waals surface area contributed by atoms with Gasteiger partial charge < -0.3 is 25.2 Å². The predicted octanol–water partition coefficient (Wildman–Crippen LogP) is 2.68. The number of aliphatic hydroxyl groups is 4. The Morgan fingerprint density at radius 2 is 1.90 bits per heavy atom. The van der Waals surface area contributed by atoms with Crippen LogP contribution in [0.1, 0.15) is 33.0 Å². The van der Waals surface area contributed by atoms with Gasteiger partial charge in [0.15, 0.2) is 0 Å². The van der Waals surface area contributed by atoms with Crippen molar-refractivity contribution < 1.29 is 29.6 Å². The molecule has 0 spiro atoms. The third-order valence-corrected chi connectivity index (χ3v) is 6.96. The first-order valence-electron chi connectivity index (χ1n) is 10.1. The summed E-state index contributed by atoms with van der Waals surface area (Å²) in [6.45, 7) is 1.25. The van der Waals surface area contributed by atoms with Gasteiger partial charge in [-0.25, -0.2) is 4.39 Å². The molecule has 1 aromatic heterocycles. The van der Waals surface area contributed by atoms with Crippen molar-refractivity contribution in [3.05, 3.63) is 92.9 Å². The van der Waals surface area contributed by atoms with Crippen LogP contribution in [0, 0.1) is 12.7 Å². The minimum absolute atomic E-state index is 0.180. The molecule has 31 heavy (non-hydrogen) atoms. The summed E-state index contributed by atoms with van der Waals surface area (Å²) in [6.07, 6.45) is -3.91. The van der Waals surface area contributed by atoms with Crippen LogP contribution in [0.2, 0.25) is 0 Å². The van der Waals surface area contributed by atoms with E-state index in [1.165, 1.54) is 12.1 Å². The second-order valence-corrected chi connectivity index (χ2v) is 8.89. The molecule has 0 amide bonds. The van der Waals surface area contributed by atoms with Gasteiger partial charge in [0.05, 0.1) is 13.2 Å². The molecule has 5 nitrogen and oxygen atoms in total. The molecule has 0 radical (unpaired) electrons. The van der Waals surface area contributed by atoms with Gasteiger partial charge in [0.2, 0.25) is 0 Å². The van der Waals surface area contributed by atoms with Gasteiger partial charge in [0.25, 0.3) is 0 Å². The smallest absolute Gasteiger partial charge is 0.146 e. The zero-order chi connectivity index (χ0) is 22.2. The molecule has 0 aliphatic carbocycles. The molecule has 4 N–H and O–H groups in total. The number of halogens is 1. The van der Waals surface area contributed by atoms with Crippen molar-refractivity contribution in [2.45, 2.75) is 36.8 Å². The highest BCUT2D eigenvalue weighted by molar-refractivity contribution is 7.10. The highest BCUT2D eigenvalue weighted by Gasteiger charge is 2.52. The third kappa shape index (κ3) is 3.93. The van der Waals surface area contributed by atoms with Crippen LogP contribution in [-0.4, -0.2) is 52.0 Å². The van der Waals surface area contributed by atoms with Gasteiger partial charge in [-0.15, -0.1) is 11.3 Å². The molecule has 1 unspecified atom stereocenters. The van der Waals surface area contributed by atoms with Crippen LogP contribution < -0.4 is 0 Å². The van der Waals surface area contributed by atoms with E-state index in [9.17, 15) is 24.8 Å². The lowest BCUT2D eigenvalue weighted by atomic mass is 9.76. The minimum Gasteiger partial charge on any atom is -0.394 e. The van der Waals surface area contributed by atoms with Crippen molar-refractivity contribution in [3.8, 4) is 0 Å². The van der Waals surface area contributed by atoms with Crippen LogP contribution >= 0.6 is 11.3 Å². The first kappa shape index (κ1) is 22.1. The average molecular weight is 445 g/mol. The van der Waals surface area contributed by atoms with Crippen LogP contribution in [0.5, 0.6) is 0 Å². The topological polar surface area (TPSA) is 90.2 Å². The Bertz CT molecular complexity index is 1020. The molecular weight excluding hydrogens is 419 g/mol. The fourth-order valence-corrected chi connectivity index (χ4v) is 5.14. The quantitative estimate of drug-likeness (QED) is 0.486. The van der Waals surface area contributed by atoms with Crippen molar-refractivity contribution >= 4 is 11.3 Å². The molecule has 4 rings (SSSR count). The van der Waals surface area contributed by atoms with Gasteiger partial charge in [-0.3, -0.25) is 0 Å². The summed E-state index contributed by atoms with van der Waals surface area (Å²) in [5.74, 6) is -0.543. The fourth-order valence-electron chi connectivity index (χ4n) is 4.27. The van der Waals surface area contributed by atoms with E-state index >= 15 is 0 Å². The zero-order valence-corrected chi connectivity index (χ0v) is 17.8. The maximum Gasteiger partial charge on any atom is 0.146 e. The second-order valence-electron chi connectivity index (χ2n) is 7.91. The van der Waals surface area contributed by atoms with Gasteiger partial charge >= 0.3 is 0 Å². The van der Waals surface area contributed by atoms with Crippen LogP contribution in [-0.2, 0) is 10.3 Å². The van der Waals surface area contributed by atoms with Crippen molar-refractivity contribution in [2.24, 2.45) is 0 Å². The van der Waals surface area contributed by atoms with Gasteiger partial charge in [-0.05, 0) is 52.8 Å². The fraction of sp³-hybridized carbons (Fsp3) is 0.333. The normalized spacial score (nSPS) is 27.2.